The number of amidine groups is 1. The summed E-state index contributed by atoms with van der Waals surface area (Å²) in [6.07, 6.45) is 1.77. The fourth-order valence-corrected chi connectivity index (χ4v) is 2.77. The van der Waals surface area contributed by atoms with E-state index >= 15 is 0 Å². The van der Waals surface area contributed by atoms with Crippen LogP contribution in [0.2, 0.25) is 5.02 Å². The van der Waals surface area contributed by atoms with Gasteiger partial charge in [-0.2, -0.15) is 0 Å². The Labute approximate surface area is 130 Å². The second-order valence-electron chi connectivity index (χ2n) is 4.33. The number of aliphatic imine (C=N–C) groups is 1. The third-order valence-corrected chi connectivity index (χ3v) is 3.77. The van der Waals surface area contributed by atoms with Crippen LogP contribution in [0.3, 0.4) is 0 Å². The average molecular weight is 320 g/mol. The topological polar surface area (TPSA) is 67.5 Å². The van der Waals surface area contributed by atoms with E-state index in [2.05, 4.69) is 15.5 Å². The molecule has 0 unspecified atom stereocenters. The number of benzene rings is 1. The zero-order valence-corrected chi connectivity index (χ0v) is 12.5. The molecule has 7 heteroatoms. The molecule has 0 bridgehead atoms. The number of thioether (sulfide) groups is 1. The summed E-state index contributed by atoms with van der Waals surface area (Å²) in [6.45, 7) is 1.78. The molecule has 1 aromatic carbocycles. The normalized spacial score (nSPS) is 18.5. The van der Waals surface area contributed by atoms with Gasteiger partial charge >= 0.3 is 0 Å². The smallest absolute Gasteiger partial charge is 0.264 e. The Kier molecular flexibility index (Phi) is 3.81. The van der Waals surface area contributed by atoms with Crippen LogP contribution in [0.5, 0.6) is 0 Å². The molecule has 0 aliphatic carbocycles. The molecule has 0 saturated carbocycles. The lowest BCUT2D eigenvalue weighted by atomic mass is 10.2. The molecular formula is C14H10ClN3O2S. The summed E-state index contributed by atoms with van der Waals surface area (Å²) in [4.78, 5) is 16.7. The first kappa shape index (κ1) is 13.9. The van der Waals surface area contributed by atoms with Gasteiger partial charge in [0, 0.05) is 11.1 Å². The van der Waals surface area contributed by atoms with E-state index in [9.17, 15) is 4.79 Å². The highest BCUT2D eigenvalue weighted by molar-refractivity contribution is 8.18. The van der Waals surface area contributed by atoms with Gasteiger partial charge in [0.2, 0.25) is 0 Å². The van der Waals surface area contributed by atoms with Crippen molar-refractivity contribution in [2.24, 2.45) is 4.99 Å². The Morgan fingerprint density at radius 3 is 3.00 bits per heavy atom. The zero-order chi connectivity index (χ0) is 14.8. The van der Waals surface area contributed by atoms with Crippen molar-refractivity contribution in [3.05, 3.63) is 51.6 Å². The first-order chi connectivity index (χ1) is 10.1. The highest BCUT2D eigenvalue weighted by atomic mass is 35.5. The average Bonchev–Trinajstić information content (AvgIpc) is 2.97. The van der Waals surface area contributed by atoms with E-state index in [4.69, 9.17) is 16.1 Å². The van der Waals surface area contributed by atoms with Crippen molar-refractivity contribution in [2.45, 2.75) is 6.92 Å². The highest BCUT2D eigenvalue weighted by Gasteiger charge is 2.24. The van der Waals surface area contributed by atoms with E-state index in [1.54, 1.807) is 31.2 Å². The molecule has 2 heterocycles. The number of aryl methyl sites for hydroxylation is 1. The molecule has 5 nitrogen and oxygen atoms in total. The SMILES string of the molecule is Cc1cc(N=C2NC(=O)C(=Cc3cccc(Cl)c3)S2)no1. The van der Waals surface area contributed by atoms with Crippen molar-refractivity contribution in [2.75, 3.05) is 0 Å². The van der Waals surface area contributed by atoms with Crippen molar-refractivity contribution in [1.29, 1.82) is 0 Å². The van der Waals surface area contributed by atoms with Crippen LogP contribution < -0.4 is 5.32 Å². The van der Waals surface area contributed by atoms with Crippen LogP contribution >= 0.6 is 23.4 Å². The van der Waals surface area contributed by atoms with Crippen molar-refractivity contribution < 1.29 is 9.32 Å². The number of carbonyl (C=O) groups is 1. The largest absolute Gasteiger partial charge is 0.359 e. The maximum absolute atomic E-state index is 11.9. The van der Waals surface area contributed by atoms with Crippen molar-refractivity contribution in [3.63, 3.8) is 0 Å². The third-order valence-electron chi connectivity index (χ3n) is 2.63. The summed E-state index contributed by atoms with van der Waals surface area (Å²) in [6, 6.07) is 8.98. The minimum absolute atomic E-state index is 0.195. The molecule has 2 aromatic rings. The maximum atomic E-state index is 11.9. The van der Waals surface area contributed by atoms with Crippen LogP contribution in [0.4, 0.5) is 5.82 Å². The zero-order valence-electron chi connectivity index (χ0n) is 11.0. The minimum Gasteiger partial charge on any atom is -0.359 e. The molecule has 1 saturated heterocycles. The van der Waals surface area contributed by atoms with Crippen molar-refractivity contribution >= 4 is 46.3 Å². The number of carbonyl (C=O) groups excluding carboxylic acids is 1. The van der Waals surface area contributed by atoms with Gasteiger partial charge in [0.25, 0.3) is 5.91 Å². The molecule has 1 aromatic heterocycles. The quantitative estimate of drug-likeness (QED) is 0.860. The molecule has 3 rings (SSSR count). The first-order valence-electron chi connectivity index (χ1n) is 6.08. The molecule has 1 aliphatic heterocycles. The van der Waals surface area contributed by atoms with Gasteiger partial charge in [-0.25, -0.2) is 4.99 Å². The van der Waals surface area contributed by atoms with Gasteiger partial charge in [0.05, 0.1) is 4.91 Å². The van der Waals surface area contributed by atoms with E-state index in [0.717, 1.165) is 5.56 Å². The molecule has 1 aliphatic rings. The van der Waals surface area contributed by atoms with Crippen LogP contribution in [0.25, 0.3) is 6.08 Å². The fraction of sp³-hybridized carbons (Fsp3) is 0.0714. The summed E-state index contributed by atoms with van der Waals surface area (Å²) in [5.41, 5.74) is 0.860. The summed E-state index contributed by atoms with van der Waals surface area (Å²) in [7, 11) is 0. The molecule has 0 spiro atoms. The standard InChI is InChI=1S/C14H10ClN3O2S/c1-8-5-12(18-20-8)16-14-17-13(19)11(21-14)7-9-3-2-4-10(15)6-9/h2-7H,1H3,(H,16,17,18,19). The lowest BCUT2D eigenvalue weighted by molar-refractivity contribution is -0.115. The second kappa shape index (κ2) is 5.75. The number of hydrogen-bond acceptors (Lipinski definition) is 5. The monoisotopic (exact) mass is 319 g/mol. The summed E-state index contributed by atoms with van der Waals surface area (Å²) in [5, 5.41) is 7.55. The van der Waals surface area contributed by atoms with Crippen LogP contribution in [-0.2, 0) is 4.79 Å². The van der Waals surface area contributed by atoms with Gasteiger partial charge in [0.15, 0.2) is 11.0 Å². The predicted octanol–water partition coefficient (Wildman–Crippen LogP) is 3.53. The number of nitrogens with one attached hydrogen (secondary N) is 1. The molecule has 1 N–H and O–H groups in total. The Morgan fingerprint density at radius 1 is 1.43 bits per heavy atom. The van der Waals surface area contributed by atoms with Crippen LogP contribution in [0.1, 0.15) is 11.3 Å². The van der Waals surface area contributed by atoms with Gasteiger partial charge in [-0.05, 0) is 42.5 Å². The molecular weight excluding hydrogens is 310 g/mol. The Balaban J connectivity index is 1.83. The lowest BCUT2D eigenvalue weighted by Crippen LogP contribution is -2.19. The molecule has 1 fully saturated rings. The van der Waals surface area contributed by atoms with Gasteiger partial charge in [-0.15, -0.1) is 0 Å². The van der Waals surface area contributed by atoms with Crippen molar-refractivity contribution in [1.82, 2.24) is 10.5 Å². The highest BCUT2D eigenvalue weighted by Crippen LogP contribution is 2.28. The number of aromatic nitrogens is 1. The Hall–Kier alpha value is -2.05. The van der Waals surface area contributed by atoms with Gasteiger partial charge in [-0.1, -0.05) is 28.9 Å². The van der Waals surface area contributed by atoms with Crippen molar-refractivity contribution in [3.8, 4) is 0 Å². The first-order valence-corrected chi connectivity index (χ1v) is 7.28. The summed E-state index contributed by atoms with van der Waals surface area (Å²) >= 11 is 7.18. The predicted molar refractivity (Wildman–Crippen MR) is 83.5 cm³/mol. The number of amides is 1. The fourth-order valence-electron chi connectivity index (χ4n) is 1.74. The molecule has 0 atom stereocenters. The lowest BCUT2D eigenvalue weighted by Gasteiger charge is -1.95. The van der Waals surface area contributed by atoms with Crippen LogP contribution in [-0.4, -0.2) is 16.2 Å². The number of rotatable bonds is 2. The minimum atomic E-state index is -0.195. The molecule has 1 amide bonds. The summed E-state index contributed by atoms with van der Waals surface area (Å²) in [5.74, 6) is 0.900. The van der Waals surface area contributed by atoms with Gasteiger partial charge < -0.3 is 9.84 Å². The molecule has 0 radical (unpaired) electrons. The maximum Gasteiger partial charge on any atom is 0.264 e. The van der Waals surface area contributed by atoms with E-state index in [1.165, 1.54) is 11.8 Å². The number of nitrogens with zero attached hydrogens (tertiary/aromatic N) is 2. The van der Waals surface area contributed by atoms with E-state index in [0.29, 0.717) is 26.7 Å². The molecule has 21 heavy (non-hydrogen) atoms. The Bertz CT molecular complexity index is 767. The third kappa shape index (κ3) is 3.34. The van der Waals surface area contributed by atoms with E-state index in [1.807, 2.05) is 12.1 Å². The van der Waals surface area contributed by atoms with Gasteiger partial charge in [-0.3, -0.25) is 4.79 Å². The number of halogens is 1. The van der Waals surface area contributed by atoms with Crippen LogP contribution in [0, 0.1) is 6.92 Å². The molecule has 106 valence electrons. The van der Waals surface area contributed by atoms with E-state index in [-0.39, 0.29) is 5.91 Å². The van der Waals surface area contributed by atoms with Crippen LogP contribution in [0.15, 0.2) is 44.8 Å². The van der Waals surface area contributed by atoms with Gasteiger partial charge in [0.1, 0.15) is 5.76 Å². The van der Waals surface area contributed by atoms with E-state index < -0.39 is 0 Å². The number of hydrogen-bond donors (Lipinski definition) is 1. The second-order valence-corrected chi connectivity index (χ2v) is 5.80. The summed E-state index contributed by atoms with van der Waals surface area (Å²) < 4.78 is 4.93. The Morgan fingerprint density at radius 2 is 2.29 bits per heavy atom.